The molecule has 0 fully saturated rings. The SMILES string of the molecule is CCOC(=O)[C@H]1C(=O)Nc2nc3ccccc3n2[C@H]1c1ccccc1. The quantitative estimate of drug-likeness (QED) is 0.590. The van der Waals surface area contributed by atoms with E-state index in [2.05, 4.69) is 10.3 Å². The van der Waals surface area contributed by atoms with Gasteiger partial charge in [-0.15, -0.1) is 0 Å². The highest BCUT2D eigenvalue weighted by Crippen LogP contribution is 2.38. The third-order valence-electron chi connectivity index (χ3n) is 4.39. The number of hydrogen-bond acceptors (Lipinski definition) is 4. The summed E-state index contributed by atoms with van der Waals surface area (Å²) in [5.41, 5.74) is 2.49. The minimum atomic E-state index is -0.965. The molecule has 0 bridgehead atoms. The summed E-state index contributed by atoms with van der Waals surface area (Å²) >= 11 is 0. The summed E-state index contributed by atoms with van der Waals surface area (Å²) in [6, 6.07) is 16.6. The standard InChI is InChI=1S/C19H17N3O3/c1-2-25-18(24)15-16(12-8-4-3-5-9-12)22-14-11-7-6-10-13(14)20-19(22)21-17(15)23/h3-11,15-16H,2H2,1H3,(H,20,21,23)/t15-,16+/m1/s1. The van der Waals surface area contributed by atoms with E-state index in [-0.39, 0.29) is 6.61 Å². The second kappa shape index (κ2) is 6.05. The van der Waals surface area contributed by atoms with E-state index in [0.717, 1.165) is 16.6 Å². The Bertz CT molecular complexity index is 949. The fourth-order valence-corrected chi connectivity index (χ4v) is 3.35. The van der Waals surface area contributed by atoms with Crippen molar-refractivity contribution < 1.29 is 14.3 Å². The number of aromatic nitrogens is 2. The molecule has 2 atom stereocenters. The van der Waals surface area contributed by atoms with E-state index in [9.17, 15) is 9.59 Å². The van der Waals surface area contributed by atoms with Gasteiger partial charge in [0.25, 0.3) is 0 Å². The lowest BCUT2D eigenvalue weighted by Crippen LogP contribution is -2.43. The molecule has 1 aliphatic heterocycles. The minimum absolute atomic E-state index is 0.224. The zero-order valence-electron chi connectivity index (χ0n) is 13.7. The molecule has 0 aliphatic carbocycles. The Morgan fingerprint density at radius 1 is 1.16 bits per heavy atom. The summed E-state index contributed by atoms with van der Waals surface area (Å²) < 4.78 is 7.08. The number of imidazole rings is 1. The van der Waals surface area contributed by atoms with Crippen LogP contribution in [0.3, 0.4) is 0 Å². The van der Waals surface area contributed by atoms with E-state index in [0.29, 0.717) is 5.95 Å². The molecule has 6 heteroatoms. The molecule has 3 aromatic rings. The fourth-order valence-electron chi connectivity index (χ4n) is 3.35. The lowest BCUT2D eigenvalue weighted by atomic mass is 9.90. The molecular formula is C19H17N3O3. The van der Waals surface area contributed by atoms with Gasteiger partial charge in [-0.05, 0) is 24.6 Å². The first-order valence-electron chi connectivity index (χ1n) is 8.20. The van der Waals surface area contributed by atoms with Crippen molar-refractivity contribution >= 4 is 28.9 Å². The number of benzene rings is 2. The average molecular weight is 335 g/mol. The van der Waals surface area contributed by atoms with Crippen LogP contribution >= 0.6 is 0 Å². The van der Waals surface area contributed by atoms with E-state index >= 15 is 0 Å². The summed E-state index contributed by atoms with van der Waals surface area (Å²) in [6.45, 7) is 1.95. The predicted molar refractivity (Wildman–Crippen MR) is 93.1 cm³/mol. The molecule has 6 nitrogen and oxygen atoms in total. The Balaban J connectivity index is 1.96. The maximum atomic E-state index is 12.7. The van der Waals surface area contributed by atoms with Crippen molar-refractivity contribution in [2.75, 3.05) is 11.9 Å². The molecule has 0 radical (unpaired) electrons. The number of carbonyl (C=O) groups excluding carboxylic acids is 2. The maximum Gasteiger partial charge on any atom is 0.321 e. The number of esters is 1. The maximum absolute atomic E-state index is 12.7. The van der Waals surface area contributed by atoms with E-state index in [1.165, 1.54) is 0 Å². The predicted octanol–water partition coefficient (Wildman–Crippen LogP) is 2.76. The van der Waals surface area contributed by atoms with Gasteiger partial charge in [0, 0.05) is 0 Å². The van der Waals surface area contributed by atoms with Gasteiger partial charge < -0.3 is 9.30 Å². The Morgan fingerprint density at radius 3 is 2.64 bits per heavy atom. The molecule has 25 heavy (non-hydrogen) atoms. The van der Waals surface area contributed by atoms with Crippen molar-refractivity contribution in [1.29, 1.82) is 0 Å². The molecule has 1 N–H and O–H groups in total. The van der Waals surface area contributed by atoms with Gasteiger partial charge in [0.15, 0.2) is 5.92 Å². The largest absolute Gasteiger partial charge is 0.465 e. The smallest absolute Gasteiger partial charge is 0.321 e. The first kappa shape index (κ1) is 15.4. The number of anilines is 1. The average Bonchev–Trinajstić information content (AvgIpc) is 2.99. The number of fused-ring (bicyclic) bond motifs is 3. The van der Waals surface area contributed by atoms with Crippen molar-refractivity contribution in [3.8, 4) is 0 Å². The van der Waals surface area contributed by atoms with Crippen LogP contribution in [0.15, 0.2) is 54.6 Å². The third-order valence-corrected chi connectivity index (χ3v) is 4.39. The number of para-hydroxylation sites is 2. The Hall–Kier alpha value is -3.15. The van der Waals surface area contributed by atoms with E-state index in [1.54, 1.807) is 6.92 Å². The highest BCUT2D eigenvalue weighted by Gasteiger charge is 2.43. The number of amides is 1. The van der Waals surface area contributed by atoms with Crippen LogP contribution < -0.4 is 5.32 Å². The van der Waals surface area contributed by atoms with Crippen LogP contribution in [0, 0.1) is 5.92 Å². The lowest BCUT2D eigenvalue weighted by molar-refractivity contribution is -0.152. The van der Waals surface area contributed by atoms with Crippen molar-refractivity contribution in [1.82, 2.24) is 9.55 Å². The third kappa shape index (κ3) is 2.46. The number of carbonyl (C=O) groups is 2. The summed E-state index contributed by atoms with van der Waals surface area (Å²) in [5.74, 6) is -1.44. The van der Waals surface area contributed by atoms with Crippen LogP contribution in [0.1, 0.15) is 18.5 Å². The molecule has 0 unspecified atom stereocenters. The topological polar surface area (TPSA) is 73.2 Å². The number of ether oxygens (including phenoxy) is 1. The Morgan fingerprint density at radius 2 is 1.88 bits per heavy atom. The van der Waals surface area contributed by atoms with E-state index in [1.807, 2.05) is 59.2 Å². The lowest BCUT2D eigenvalue weighted by Gasteiger charge is -2.32. The number of hydrogen-bond donors (Lipinski definition) is 1. The van der Waals surface area contributed by atoms with Gasteiger partial charge >= 0.3 is 5.97 Å². The molecule has 1 amide bonds. The summed E-state index contributed by atoms with van der Waals surface area (Å²) in [7, 11) is 0. The first-order valence-corrected chi connectivity index (χ1v) is 8.20. The van der Waals surface area contributed by atoms with Gasteiger partial charge in [-0.1, -0.05) is 42.5 Å². The van der Waals surface area contributed by atoms with Gasteiger partial charge in [-0.25, -0.2) is 4.98 Å². The monoisotopic (exact) mass is 335 g/mol. The van der Waals surface area contributed by atoms with E-state index < -0.39 is 23.8 Å². The van der Waals surface area contributed by atoms with Gasteiger partial charge in [-0.3, -0.25) is 14.9 Å². The summed E-state index contributed by atoms with van der Waals surface area (Å²) in [4.78, 5) is 29.7. The highest BCUT2D eigenvalue weighted by atomic mass is 16.5. The molecule has 0 spiro atoms. The molecule has 4 rings (SSSR count). The highest BCUT2D eigenvalue weighted by molar-refractivity contribution is 6.07. The molecule has 0 saturated heterocycles. The van der Waals surface area contributed by atoms with Crippen molar-refractivity contribution in [2.24, 2.45) is 5.92 Å². The molecule has 1 aromatic heterocycles. The second-order valence-corrected chi connectivity index (χ2v) is 5.87. The van der Waals surface area contributed by atoms with Crippen LogP contribution in [0.2, 0.25) is 0 Å². The van der Waals surface area contributed by atoms with Crippen LogP contribution in [-0.4, -0.2) is 28.0 Å². The molecular weight excluding hydrogens is 318 g/mol. The van der Waals surface area contributed by atoms with Gasteiger partial charge in [0.2, 0.25) is 11.9 Å². The summed E-state index contributed by atoms with van der Waals surface area (Å²) in [5, 5.41) is 2.75. The normalized spacial score (nSPS) is 19.3. The fraction of sp³-hybridized carbons (Fsp3) is 0.211. The number of nitrogens with zero attached hydrogens (tertiary/aromatic N) is 2. The van der Waals surface area contributed by atoms with Crippen LogP contribution in [0.4, 0.5) is 5.95 Å². The molecule has 126 valence electrons. The molecule has 2 heterocycles. The Labute approximate surface area is 144 Å². The van der Waals surface area contributed by atoms with Crippen LogP contribution in [0.25, 0.3) is 11.0 Å². The minimum Gasteiger partial charge on any atom is -0.465 e. The summed E-state index contributed by atoms with van der Waals surface area (Å²) in [6.07, 6.45) is 0. The zero-order valence-corrected chi connectivity index (χ0v) is 13.7. The zero-order chi connectivity index (χ0) is 17.4. The first-order chi connectivity index (χ1) is 12.2. The van der Waals surface area contributed by atoms with Crippen molar-refractivity contribution in [3.63, 3.8) is 0 Å². The van der Waals surface area contributed by atoms with Crippen molar-refractivity contribution in [2.45, 2.75) is 13.0 Å². The van der Waals surface area contributed by atoms with Crippen molar-refractivity contribution in [3.05, 3.63) is 60.2 Å². The van der Waals surface area contributed by atoms with E-state index in [4.69, 9.17) is 4.74 Å². The second-order valence-electron chi connectivity index (χ2n) is 5.87. The van der Waals surface area contributed by atoms with Crippen LogP contribution in [0.5, 0.6) is 0 Å². The molecule has 1 aliphatic rings. The van der Waals surface area contributed by atoms with Gasteiger partial charge in [0.05, 0.1) is 23.7 Å². The number of nitrogens with one attached hydrogen (secondary N) is 1. The van der Waals surface area contributed by atoms with Gasteiger partial charge in [-0.2, -0.15) is 0 Å². The Kier molecular flexibility index (Phi) is 3.72. The van der Waals surface area contributed by atoms with Gasteiger partial charge in [0.1, 0.15) is 0 Å². The van der Waals surface area contributed by atoms with Crippen LogP contribution in [-0.2, 0) is 14.3 Å². The number of rotatable bonds is 3. The molecule has 2 aromatic carbocycles. The molecule has 0 saturated carbocycles.